The van der Waals surface area contributed by atoms with Gasteiger partial charge in [-0.05, 0) is 0 Å². The SMILES string of the molecule is [CH2-]CCCC.[Zn]. The molecule has 0 spiro atoms. The average molecular weight is 137 g/mol. The molecule has 0 unspecified atom stereocenters. The molecule has 1 heteroatoms. The Labute approximate surface area is 53.1 Å². The van der Waals surface area contributed by atoms with Gasteiger partial charge in [0.05, 0.1) is 0 Å². The Morgan fingerprint density at radius 1 is 1.50 bits per heavy atom. The number of unbranched alkanes of at least 4 members (excludes halogenated alkanes) is 2. The van der Waals surface area contributed by atoms with E-state index in [1.54, 1.807) is 0 Å². The van der Waals surface area contributed by atoms with Gasteiger partial charge in [0.15, 0.2) is 0 Å². The van der Waals surface area contributed by atoms with Crippen molar-refractivity contribution in [2.24, 2.45) is 0 Å². The summed E-state index contributed by atoms with van der Waals surface area (Å²) in [5.74, 6) is 0. The molecule has 0 bridgehead atoms. The largest absolute Gasteiger partial charge is 0.343 e. The summed E-state index contributed by atoms with van der Waals surface area (Å²) in [6.45, 7) is 5.85. The van der Waals surface area contributed by atoms with E-state index in [1.807, 2.05) is 0 Å². The van der Waals surface area contributed by atoms with Gasteiger partial charge in [0.1, 0.15) is 0 Å². The van der Waals surface area contributed by atoms with E-state index in [0.717, 1.165) is 6.42 Å². The van der Waals surface area contributed by atoms with E-state index in [0.29, 0.717) is 0 Å². The van der Waals surface area contributed by atoms with E-state index < -0.39 is 0 Å². The van der Waals surface area contributed by atoms with Gasteiger partial charge in [-0.3, -0.25) is 0 Å². The van der Waals surface area contributed by atoms with E-state index in [2.05, 4.69) is 13.8 Å². The van der Waals surface area contributed by atoms with Gasteiger partial charge in [-0.2, -0.15) is 6.42 Å². The van der Waals surface area contributed by atoms with Crippen molar-refractivity contribution in [3.05, 3.63) is 6.92 Å². The minimum Gasteiger partial charge on any atom is -0.343 e. The molecule has 0 aliphatic carbocycles. The van der Waals surface area contributed by atoms with Crippen molar-refractivity contribution in [2.45, 2.75) is 26.2 Å². The summed E-state index contributed by atoms with van der Waals surface area (Å²) in [6.07, 6.45) is 3.65. The van der Waals surface area contributed by atoms with Gasteiger partial charge in [0, 0.05) is 19.5 Å². The predicted octanol–water partition coefficient (Wildman–Crippen LogP) is 2.01. The normalized spacial score (nSPS) is 7.00. The maximum atomic E-state index is 3.68. The molecular formula is C5H11Zn-. The van der Waals surface area contributed by atoms with Gasteiger partial charge >= 0.3 is 0 Å². The maximum Gasteiger partial charge on any atom is 0 e. The molecule has 6 heavy (non-hydrogen) atoms. The number of rotatable bonds is 2. The zero-order valence-corrected chi connectivity index (χ0v) is 7.50. The van der Waals surface area contributed by atoms with Gasteiger partial charge in [0.25, 0.3) is 0 Å². The van der Waals surface area contributed by atoms with Crippen LogP contribution in [-0.2, 0) is 19.5 Å². The first kappa shape index (κ1) is 9.80. The smallest absolute Gasteiger partial charge is 0 e. The van der Waals surface area contributed by atoms with Crippen molar-refractivity contribution in [1.82, 2.24) is 0 Å². The fourth-order valence-electron chi connectivity index (χ4n) is 0.250. The molecule has 0 aromatic carbocycles. The molecule has 0 atom stereocenters. The minimum atomic E-state index is 0. The Bertz CT molecular complexity index is 11.4. The van der Waals surface area contributed by atoms with Gasteiger partial charge in [-0.25, -0.2) is 0 Å². The van der Waals surface area contributed by atoms with Crippen molar-refractivity contribution in [2.75, 3.05) is 0 Å². The Morgan fingerprint density at radius 3 is 2.00 bits per heavy atom. The molecule has 0 heterocycles. The Balaban J connectivity index is 0. The summed E-state index contributed by atoms with van der Waals surface area (Å²) in [7, 11) is 0. The van der Waals surface area contributed by atoms with Crippen molar-refractivity contribution in [3.63, 3.8) is 0 Å². The molecule has 0 saturated carbocycles. The molecule has 0 aliphatic rings. The second-order valence-electron chi connectivity index (χ2n) is 1.21. The first-order valence-corrected chi connectivity index (χ1v) is 2.21. The average Bonchev–Trinajstić information content (AvgIpc) is 1.41. The van der Waals surface area contributed by atoms with E-state index >= 15 is 0 Å². The standard InChI is InChI=1S/C5H11.Zn/c1-3-5-4-2;/h1,3-5H2,2H3;/q-1;. The van der Waals surface area contributed by atoms with Crippen molar-refractivity contribution < 1.29 is 19.5 Å². The van der Waals surface area contributed by atoms with E-state index in [9.17, 15) is 0 Å². The fourth-order valence-corrected chi connectivity index (χ4v) is 0.250. The summed E-state index contributed by atoms with van der Waals surface area (Å²) in [4.78, 5) is 0. The molecule has 0 fully saturated rings. The predicted molar refractivity (Wildman–Crippen MR) is 24.9 cm³/mol. The van der Waals surface area contributed by atoms with Gasteiger partial charge < -0.3 is 6.92 Å². The van der Waals surface area contributed by atoms with Crippen LogP contribution in [0, 0.1) is 6.92 Å². The Kier molecular flexibility index (Phi) is 15.0. The quantitative estimate of drug-likeness (QED) is 0.402. The minimum absolute atomic E-state index is 0. The van der Waals surface area contributed by atoms with Crippen LogP contribution < -0.4 is 0 Å². The van der Waals surface area contributed by atoms with Gasteiger partial charge in [-0.15, -0.1) is 0 Å². The summed E-state index contributed by atoms with van der Waals surface area (Å²) in [6, 6.07) is 0. The van der Waals surface area contributed by atoms with Crippen molar-refractivity contribution in [3.8, 4) is 0 Å². The first-order valence-electron chi connectivity index (χ1n) is 2.21. The molecule has 0 rings (SSSR count). The monoisotopic (exact) mass is 135 g/mol. The van der Waals surface area contributed by atoms with Crippen molar-refractivity contribution in [1.29, 1.82) is 0 Å². The van der Waals surface area contributed by atoms with Crippen LogP contribution in [0.2, 0.25) is 0 Å². The van der Waals surface area contributed by atoms with E-state index in [-0.39, 0.29) is 19.5 Å². The molecule has 0 radical (unpaired) electrons. The number of hydrogen-bond acceptors (Lipinski definition) is 0. The van der Waals surface area contributed by atoms with Crippen molar-refractivity contribution >= 4 is 0 Å². The third kappa shape index (κ3) is 8.82. The van der Waals surface area contributed by atoms with Crippen LogP contribution in [0.15, 0.2) is 0 Å². The first-order chi connectivity index (χ1) is 2.41. The second kappa shape index (κ2) is 9.16. The third-order valence-electron chi connectivity index (χ3n) is 0.604. The Hall–Kier alpha value is 0.623. The summed E-state index contributed by atoms with van der Waals surface area (Å²) >= 11 is 0. The molecule has 0 amide bonds. The molecule has 0 N–H and O–H groups in total. The van der Waals surface area contributed by atoms with Crippen LogP contribution in [0.3, 0.4) is 0 Å². The van der Waals surface area contributed by atoms with Crippen LogP contribution in [0.25, 0.3) is 0 Å². The van der Waals surface area contributed by atoms with E-state index in [1.165, 1.54) is 12.8 Å². The molecule has 34 valence electrons. The van der Waals surface area contributed by atoms with Crippen LogP contribution in [0.4, 0.5) is 0 Å². The van der Waals surface area contributed by atoms with Gasteiger partial charge in [-0.1, -0.05) is 19.8 Å². The van der Waals surface area contributed by atoms with Crippen LogP contribution in [-0.4, -0.2) is 0 Å². The number of hydrogen-bond donors (Lipinski definition) is 0. The summed E-state index contributed by atoms with van der Waals surface area (Å²) in [5, 5.41) is 0. The Morgan fingerprint density at radius 2 is 2.00 bits per heavy atom. The fraction of sp³-hybridized carbons (Fsp3) is 0.800. The second-order valence-corrected chi connectivity index (χ2v) is 1.21. The van der Waals surface area contributed by atoms with Crippen LogP contribution in [0.5, 0.6) is 0 Å². The molecule has 0 aliphatic heterocycles. The molecule has 0 nitrogen and oxygen atoms in total. The topological polar surface area (TPSA) is 0 Å². The van der Waals surface area contributed by atoms with E-state index in [4.69, 9.17) is 0 Å². The summed E-state index contributed by atoms with van der Waals surface area (Å²) in [5.41, 5.74) is 0. The molecule has 0 saturated heterocycles. The van der Waals surface area contributed by atoms with Crippen LogP contribution >= 0.6 is 0 Å². The molecule has 0 aromatic rings. The molecular weight excluding hydrogens is 125 g/mol. The van der Waals surface area contributed by atoms with Crippen LogP contribution in [0.1, 0.15) is 26.2 Å². The zero-order valence-electron chi connectivity index (χ0n) is 4.54. The maximum absolute atomic E-state index is 3.68. The summed E-state index contributed by atoms with van der Waals surface area (Å²) < 4.78 is 0. The third-order valence-corrected chi connectivity index (χ3v) is 0.604. The zero-order chi connectivity index (χ0) is 4.12. The van der Waals surface area contributed by atoms with Gasteiger partial charge in [0.2, 0.25) is 0 Å². The molecule has 0 aromatic heterocycles.